The van der Waals surface area contributed by atoms with Crippen LogP contribution in [0, 0.1) is 11.7 Å². The smallest absolute Gasteiger partial charge is 0.228 e. The van der Waals surface area contributed by atoms with E-state index in [1.807, 2.05) is 9.80 Å². The lowest BCUT2D eigenvalue weighted by Gasteiger charge is -2.36. The Balaban J connectivity index is 0.00000289. The summed E-state index contributed by atoms with van der Waals surface area (Å²) in [6, 6.07) is 1.58. The number of ether oxygens (including phenoxy) is 2. The van der Waals surface area contributed by atoms with Gasteiger partial charge in [0.25, 0.3) is 0 Å². The number of nitrogens with zero attached hydrogens (tertiary/aromatic N) is 4. The number of hydrogen-bond donors (Lipinski definition) is 2. The number of piperazine rings is 1. The molecule has 0 aliphatic carbocycles. The van der Waals surface area contributed by atoms with Crippen LogP contribution in [0.25, 0.3) is 10.9 Å². The van der Waals surface area contributed by atoms with Gasteiger partial charge in [-0.1, -0.05) is 0 Å². The molecule has 2 aliphatic heterocycles. The van der Waals surface area contributed by atoms with Crippen molar-refractivity contribution in [2.24, 2.45) is 5.92 Å². The van der Waals surface area contributed by atoms with Crippen LogP contribution in [0.4, 0.5) is 16.2 Å². The van der Waals surface area contributed by atoms with Gasteiger partial charge in [0, 0.05) is 38.0 Å². The molecule has 11 heteroatoms. The van der Waals surface area contributed by atoms with Gasteiger partial charge in [-0.25, -0.2) is 9.37 Å². The number of nitrogens with two attached hydrogens (primary N) is 1. The van der Waals surface area contributed by atoms with E-state index in [1.54, 1.807) is 6.07 Å². The van der Waals surface area contributed by atoms with E-state index in [4.69, 9.17) is 15.2 Å². The lowest BCUT2D eigenvalue weighted by atomic mass is 9.95. The molecule has 0 bridgehead atoms. The summed E-state index contributed by atoms with van der Waals surface area (Å²) in [6.45, 7) is 4.24. The molecule has 0 spiro atoms. The van der Waals surface area contributed by atoms with E-state index in [-0.39, 0.29) is 41.1 Å². The number of amides is 1. The summed E-state index contributed by atoms with van der Waals surface area (Å²) < 4.78 is 25.3. The van der Waals surface area contributed by atoms with Crippen molar-refractivity contribution in [3.8, 4) is 11.5 Å². The van der Waals surface area contributed by atoms with Crippen molar-refractivity contribution in [2.75, 3.05) is 64.1 Å². The minimum absolute atomic E-state index is 0. The van der Waals surface area contributed by atoms with Crippen molar-refractivity contribution in [1.82, 2.24) is 20.2 Å². The molecule has 3 N–H and O–H groups in total. The molecule has 1 amide bonds. The second-order valence-corrected chi connectivity index (χ2v) is 8.02. The molecule has 2 aliphatic rings. The first-order valence-electron chi connectivity index (χ1n) is 10.6. The minimum Gasteiger partial charge on any atom is -0.493 e. The number of nitrogen functional groups attached to an aromatic ring is 1. The van der Waals surface area contributed by atoms with Gasteiger partial charge in [0.2, 0.25) is 11.9 Å². The number of aromatic nitrogens is 2. The molecular formula is C21H30ClFN6O3. The normalized spacial score (nSPS) is 18.9. The number of benzene rings is 1. The molecule has 1 atom stereocenters. The predicted molar refractivity (Wildman–Crippen MR) is 123 cm³/mol. The van der Waals surface area contributed by atoms with Gasteiger partial charge in [-0.15, -0.1) is 12.4 Å². The Kier molecular flexibility index (Phi) is 7.78. The first-order chi connectivity index (χ1) is 15.0. The zero-order chi connectivity index (χ0) is 22.0. The number of piperidine rings is 1. The fourth-order valence-electron chi connectivity index (χ4n) is 4.31. The van der Waals surface area contributed by atoms with Crippen LogP contribution < -0.4 is 25.4 Å². The number of rotatable bonds is 5. The van der Waals surface area contributed by atoms with Crippen LogP contribution in [-0.4, -0.2) is 74.3 Å². The summed E-state index contributed by atoms with van der Waals surface area (Å²) in [4.78, 5) is 25.3. The van der Waals surface area contributed by atoms with E-state index in [0.717, 1.165) is 25.9 Å². The Labute approximate surface area is 192 Å². The Morgan fingerprint density at radius 2 is 2.00 bits per heavy atom. The fraction of sp³-hybridized carbons (Fsp3) is 0.571. The summed E-state index contributed by atoms with van der Waals surface area (Å²) in [5.74, 6) is 0.695. The number of fused-ring (bicyclic) bond motifs is 1. The van der Waals surface area contributed by atoms with E-state index >= 15 is 4.39 Å². The third-order valence-corrected chi connectivity index (χ3v) is 6.07. The summed E-state index contributed by atoms with van der Waals surface area (Å²) >= 11 is 0. The van der Waals surface area contributed by atoms with Gasteiger partial charge in [0.15, 0.2) is 17.3 Å². The third kappa shape index (κ3) is 4.75. The van der Waals surface area contributed by atoms with E-state index in [0.29, 0.717) is 49.9 Å². The van der Waals surface area contributed by atoms with Crippen molar-refractivity contribution >= 4 is 41.0 Å². The predicted octanol–water partition coefficient (Wildman–Crippen LogP) is 1.83. The number of carbonyl (C=O) groups excluding carboxylic acids is 1. The molecule has 1 aromatic heterocycles. The first kappa shape index (κ1) is 24.1. The maximum atomic E-state index is 15.0. The molecule has 2 fully saturated rings. The number of hydrogen-bond acceptors (Lipinski definition) is 8. The summed E-state index contributed by atoms with van der Waals surface area (Å²) in [5, 5.41) is 3.73. The molecule has 9 nitrogen and oxygen atoms in total. The molecule has 2 saturated heterocycles. The van der Waals surface area contributed by atoms with Gasteiger partial charge >= 0.3 is 0 Å². The highest BCUT2D eigenvalue weighted by Gasteiger charge is 2.27. The minimum atomic E-state index is -0.637. The van der Waals surface area contributed by atoms with Crippen LogP contribution in [-0.2, 0) is 4.79 Å². The maximum Gasteiger partial charge on any atom is 0.228 e. The maximum absolute atomic E-state index is 15.0. The van der Waals surface area contributed by atoms with Gasteiger partial charge < -0.3 is 30.3 Å². The highest BCUT2D eigenvalue weighted by Crippen LogP contribution is 2.37. The summed E-state index contributed by atoms with van der Waals surface area (Å²) in [7, 11) is 2.80. The molecule has 0 radical (unpaired) electrons. The fourth-order valence-corrected chi connectivity index (χ4v) is 4.31. The van der Waals surface area contributed by atoms with Crippen molar-refractivity contribution in [2.45, 2.75) is 19.3 Å². The van der Waals surface area contributed by atoms with Crippen LogP contribution >= 0.6 is 12.4 Å². The van der Waals surface area contributed by atoms with Crippen LogP contribution in [0.1, 0.15) is 19.3 Å². The van der Waals surface area contributed by atoms with E-state index in [2.05, 4.69) is 15.3 Å². The molecule has 32 heavy (non-hydrogen) atoms. The average Bonchev–Trinajstić information content (AvgIpc) is 2.80. The monoisotopic (exact) mass is 468 g/mol. The highest BCUT2D eigenvalue weighted by molar-refractivity contribution is 5.92. The standard InChI is InChI=1S/C21H29FN6O3.ClH/c1-30-15-11-14-18(17(22)19(15)31-2)25-21(26-20(14)23)28-8-6-27(7-9-28)16(29)10-13-4-3-5-24-12-13;/h11,13,24H,3-10,12H2,1-2H3,(H2,23,25,26);1H. The van der Waals surface area contributed by atoms with Crippen LogP contribution in [0.3, 0.4) is 0 Å². The SMILES string of the molecule is COc1cc2c(N)nc(N3CCN(C(=O)CC4CCCNC4)CC3)nc2c(F)c1OC.Cl. The lowest BCUT2D eigenvalue weighted by Crippen LogP contribution is -2.50. The summed E-state index contributed by atoms with van der Waals surface area (Å²) in [6.07, 6.45) is 2.81. The second-order valence-electron chi connectivity index (χ2n) is 8.02. The Morgan fingerprint density at radius 3 is 2.62 bits per heavy atom. The van der Waals surface area contributed by atoms with Gasteiger partial charge in [-0.2, -0.15) is 4.98 Å². The number of nitrogens with one attached hydrogen (secondary N) is 1. The molecule has 4 rings (SSSR count). The quantitative estimate of drug-likeness (QED) is 0.684. The molecule has 0 saturated carbocycles. The number of carbonyl (C=O) groups is 1. The lowest BCUT2D eigenvalue weighted by molar-refractivity contribution is -0.132. The van der Waals surface area contributed by atoms with Gasteiger partial charge in [0.05, 0.1) is 14.2 Å². The molecule has 2 aromatic rings. The Morgan fingerprint density at radius 1 is 1.25 bits per heavy atom. The summed E-state index contributed by atoms with van der Waals surface area (Å²) in [5.41, 5.74) is 6.20. The Hall–Kier alpha value is -2.59. The van der Waals surface area contributed by atoms with E-state index in [1.165, 1.54) is 14.2 Å². The third-order valence-electron chi connectivity index (χ3n) is 6.07. The number of anilines is 2. The van der Waals surface area contributed by atoms with E-state index in [9.17, 15) is 4.79 Å². The number of halogens is 2. The van der Waals surface area contributed by atoms with Gasteiger partial charge in [0.1, 0.15) is 11.3 Å². The average molecular weight is 469 g/mol. The van der Waals surface area contributed by atoms with Crippen LogP contribution in [0.2, 0.25) is 0 Å². The molecule has 3 heterocycles. The zero-order valence-electron chi connectivity index (χ0n) is 18.4. The van der Waals surface area contributed by atoms with Crippen LogP contribution in [0.5, 0.6) is 11.5 Å². The largest absolute Gasteiger partial charge is 0.493 e. The van der Waals surface area contributed by atoms with Crippen molar-refractivity contribution in [3.63, 3.8) is 0 Å². The molecule has 176 valence electrons. The second kappa shape index (κ2) is 10.4. The number of methoxy groups -OCH3 is 2. The molecule has 1 aromatic carbocycles. The zero-order valence-corrected chi connectivity index (χ0v) is 19.2. The Bertz CT molecular complexity index is 964. The first-order valence-corrected chi connectivity index (χ1v) is 10.6. The van der Waals surface area contributed by atoms with Crippen molar-refractivity contribution < 1.29 is 18.7 Å². The van der Waals surface area contributed by atoms with E-state index < -0.39 is 5.82 Å². The van der Waals surface area contributed by atoms with Crippen molar-refractivity contribution in [3.05, 3.63) is 11.9 Å². The molecular weight excluding hydrogens is 439 g/mol. The van der Waals surface area contributed by atoms with Gasteiger partial charge in [-0.05, 0) is 37.9 Å². The van der Waals surface area contributed by atoms with Gasteiger partial charge in [-0.3, -0.25) is 4.79 Å². The highest BCUT2D eigenvalue weighted by atomic mass is 35.5. The van der Waals surface area contributed by atoms with Crippen molar-refractivity contribution in [1.29, 1.82) is 0 Å². The topological polar surface area (TPSA) is 106 Å². The van der Waals surface area contributed by atoms with Crippen LogP contribution in [0.15, 0.2) is 6.07 Å². The molecule has 1 unspecified atom stereocenters.